The number of fused-ring (bicyclic) bond motifs is 6. The molecule has 192 valence electrons. The first-order chi connectivity index (χ1) is 20.3. The van der Waals surface area contributed by atoms with Gasteiger partial charge in [0.1, 0.15) is 0 Å². The van der Waals surface area contributed by atoms with Crippen LogP contribution in [0.25, 0.3) is 44.3 Å². The van der Waals surface area contributed by atoms with Crippen LogP contribution in [0.1, 0.15) is 11.1 Å². The van der Waals surface area contributed by atoms with Crippen molar-refractivity contribution in [2.75, 3.05) is 0 Å². The van der Waals surface area contributed by atoms with Crippen LogP contribution in [0.5, 0.6) is 0 Å². The Morgan fingerprint density at radius 1 is 0.488 bits per heavy atom. The summed E-state index contributed by atoms with van der Waals surface area (Å²) in [6.07, 6.45) is 4.89. The Morgan fingerprint density at radius 2 is 1.07 bits per heavy atom. The lowest BCUT2D eigenvalue weighted by Crippen LogP contribution is -2.50. The van der Waals surface area contributed by atoms with Gasteiger partial charge in [0.25, 0.3) is 0 Å². The van der Waals surface area contributed by atoms with Crippen molar-refractivity contribution >= 4 is 44.3 Å². The minimum atomic E-state index is 0.0619. The second-order valence-corrected chi connectivity index (χ2v) is 11.3. The SMILES string of the molecule is C1=C2C(c3ccc4ccccc4c3)=c3ccccc3=C(c3ccc4ccccc4c3)C2NC2C=c3ccccc3=C12. The molecule has 2 unspecified atom stereocenters. The van der Waals surface area contributed by atoms with Crippen LogP contribution < -0.4 is 26.2 Å². The molecule has 1 heteroatoms. The largest absolute Gasteiger partial charge is 0.296 e. The van der Waals surface area contributed by atoms with E-state index >= 15 is 0 Å². The standard InChI is InChI=1S/C40H27N/c1-3-11-27-21-30(19-17-25(27)9-1)38-33-15-7-8-16-34(33)39(31-20-18-26-10-2-4-12-28(26)22-31)40-36(38)24-35-32-14-6-5-13-29(32)23-37(35)41-40/h1-24,37,40-41H. The van der Waals surface area contributed by atoms with Crippen molar-refractivity contribution in [2.45, 2.75) is 12.1 Å². The van der Waals surface area contributed by atoms with Gasteiger partial charge in [0.15, 0.2) is 0 Å². The zero-order valence-corrected chi connectivity index (χ0v) is 22.5. The summed E-state index contributed by atoms with van der Waals surface area (Å²) in [5, 5.41) is 14.4. The molecule has 6 aromatic rings. The van der Waals surface area contributed by atoms with Crippen molar-refractivity contribution in [3.63, 3.8) is 0 Å². The summed E-state index contributed by atoms with van der Waals surface area (Å²) >= 11 is 0. The Morgan fingerprint density at radius 3 is 1.83 bits per heavy atom. The van der Waals surface area contributed by atoms with Crippen LogP contribution in [-0.2, 0) is 0 Å². The summed E-state index contributed by atoms with van der Waals surface area (Å²) in [5.74, 6) is 0. The molecule has 0 saturated heterocycles. The first kappa shape index (κ1) is 22.8. The van der Waals surface area contributed by atoms with Gasteiger partial charge in [-0.25, -0.2) is 0 Å². The molecular formula is C40H27N. The fourth-order valence-corrected chi connectivity index (χ4v) is 7.22. The topological polar surface area (TPSA) is 12.0 Å². The Kier molecular flexibility index (Phi) is 4.87. The van der Waals surface area contributed by atoms with Crippen molar-refractivity contribution < 1.29 is 0 Å². The van der Waals surface area contributed by atoms with E-state index in [1.807, 2.05) is 0 Å². The van der Waals surface area contributed by atoms with Gasteiger partial charge in [-0.2, -0.15) is 0 Å². The summed E-state index contributed by atoms with van der Waals surface area (Å²) < 4.78 is 0. The molecule has 1 aliphatic heterocycles. The minimum absolute atomic E-state index is 0.0619. The number of hydrogen-bond donors (Lipinski definition) is 1. The Balaban J connectivity index is 1.41. The smallest absolute Gasteiger partial charge is 0.0602 e. The molecule has 9 rings (SSSR count). The third-order valence-corrected chi connectivity index (χ3v) is 9.08. The summed E-state index contributed by atoms with van der Waals surface area (Å²) in [6.45, 7) is 0. The van der Waals surface area contributed by atoms with Crippen molar-refractivity contribution in [3.8, 4) is 0 Å². The third-order valence-electron chi connectivity index (χ3n) is 9.08. The van der Waals surface area contributed by atoms with Gasteiger partial charge < -0.3 is 0 Å². The Labute approximate surface area is 238 Å². The fourth-order valence-electron chi connectivity index (χ4n) is 7.22. The van der Waals surface area contributed by atoms with Crippen LogP contribution in [-0.4, -0.2) is 12.1 Å². The molecule has 0 saturated carbocycles. The average molecular weight is 522 g/mol. The summed E-state index contributed by atoms with van der Waals surface area (Å²) in [7, 11) is 0. The van der Waals surface area contributed by atoms with Crippen molar-refractivity contribution in [3.05, 3.63) is 177 Å². The zero-order chi connectivity index (χ0) is 26.9. The highest BCUT2D eigenvalue weighted by molar-refractivity contribution is 5.98. The molecule has 1 nitrogen and oxygen atoms in total. The normalized spacial score (nSPS) is 18.8. The maximum absolute atomic E-state index is 4.12. The molecule has 0 fully saturated rings. The van der Waals surface area contributed by atoms with E-state index in [9.17, 15) is 0 Å². The highest BCUT2D eigenvalue weighted by Gasteiger charge is 2.35. The van der Waals surface area contributed by atoms with Crippen molar-refractivity contribution in [1.29, 1.82) is 0 Å². The van der Waals surface area contributed by atoms with Gasteiger partial charge in [0.05, 0.1) is 12.1 Å². The van der Waals surface area contributed by atoms with Crippen LogP contribution >= 0.6 is 0 Å². The van der Waals surface area contributed by atoms with Crippen LogP contribution in [0.15, 0.2) is 145 Å². The molecule has 41 heavy (non-hydrogen) atoms. The van der Waals surface area contributed by atoms with E-state index in [-0.39, 0.29) is 12.1 Å². The first-order valence-electron chi connectivity index (χ1n) is 14.4. The minimum Gasteiger partial charge on any atom is -0.296 e. The van der Waals surface area contributed by atoms with Gasteiger partial charge in [-0.05, 0) is 88.0 Å². The molecule has 1 N–H and O–H groups in total. The van der Waals surface area contributed by atoms with Crippen LogP contribution in [0.3, 0.4) is 0 Å². The first-order valence-corrected chi connectivity index (χ1v) is 14.4. The van der Waals surface area contributed by atoms with E-state index in [0.717, 1.165) is 0 Å². The monoisotopic (exact) mass is 521 g/mol. The molecule has 2 aliphatic carbocycles. The quantitative estimate of drug-likeness (QED) is 0.325. The summed E-state index contributed by atoms with van der Waals surface area (Å²) in [5.41, 5.74) is 7.92. The lowest BCUT2D eigenvalue weighted by molar-refractivity contribution is 0.667. The van der Waals surface area contributed by atoms with E-state index < -0.39 is 0 Å². The van der Waals surface area contributed by atoms with Gasteiger partial charge >= 0.3 is 0 Å². The molecule has 0 spiro atoms. The molecule has 0 amide bonds. The molecule has 1 heterocycles. The number of rotatable bonds is 2. The Hall–Kier alpha value is -4.98. The van der Waals surface area contributed by atoms with Crippen LogP contribution in [0.2, 0.25) is 0 Å². The van der Waals surface area contributed by atoms with Gasteiger partial charge in [0.2, 0.25) is 0 Å². The molecule has 0 bridgehead atoms. The maximum atomic E-state index is 4.12. The molecule has 3 aliphatic rings. The molecule has 0 radical (unpaired) electrons. The van der Waals surface area contributed by atoms with Crippen molar-refractivity contribution in [2.24, 2.45) is 0 Å². The van der Waals surface area contributed by atoms with Crippen LogP contribution in [0.4, 0.5) is 0 Å². The number of hydrogen-bond acceptors (Lipinski definition) is 1. The molecule has 0 aromatic heterocycles. The van der Waals surface area contributed by atoms with E-state index in [2.05, 4.69) is 151 Å². The molecular weight excluding hydrogens is 494 g/mol. The Bertz CT molecular complexity index is 2360. The van der Waals surface area contributed by atoms with E-state index in [0.29, 0.717) is 0 Å². The van der Waals surface area contributed by atoms with Gasteiger partial charge in [-0.1, -0.05) is 133 Å². The second-order valence-electron chi connectivity index (χ2n) is 11.3. The third kappa shape index (κ3) is 3.46. The van der Waals surface area contributed by atoms with E-state index in [4.69, 9.17) is 0 Å². The average Bonchev–Trinajstić information content (AvgIpc) is 3.39. The highest BCUT2D eigenvalue weighted by Crippen LogP contribution is 2.38. The second kappa shape index (κ2) is 8.76. The molecule has 6 aromatic carbocycles. The zero-order valence-electron chi connectivity index (χ0n) is 22.5. The predicted molar refractivity (Wildman–Crippen MR) is 171 cm³/mol. The molecule has 2 atom stereocenters. The number of nitrogens with one attached hydrogen (secondary N) is 1. The van der Waals surface area contributed by atoms with Crippen molar-refractivity contribution in [1.82, 2.24) is 5.32 Å². The van der Waals surface area contributed by atoms with Crippen LogP contribution in [0, 0.1) is 0 Å². The van der Waals surface area contributed by atoms with Gasteiger partial charge in [-0.3, -0.25) is 5.32 Å². The maximum Gasteiger partial charge on any atom is 0.0602 e. The predicted octanol–water partition coefficient (Wildman–Crippen LogP) is 5.32. The summed E-state index contributed by atoms with van der Waals surface area (Å²) in [6, 6.07) is 49.2. The summed E-state index contributed by atoms with van der Waals surface area (Å²) in [4.78, 5) is 0. The van der Waals surface area contributed by atoms with Gasteiger partial charge in [-0.15, -0.1) is 0 Å². The van der Waals surface area contributed by atoms with Gasteiger partial charge in [0, 0.05) is 0 Å². The van der Waals surface area contributed by atoms with E-state index in [1.165, 1.54) is 75.8 Å². The fraction of sp³-hybridized carbons (Fsp3) is 0.0500. The highest BCUT2D eigenvalue weighted by atomic mass is 15.0. The van der Waals surface area contributed by atoms with E-state index in [1.54, 1.807) is 0 Å². The number of benzene rings is 6. The lowest BCUT2D eigenvalue weighted by Gasteiger charge is -2.37. The lowest BCUT2D eigenvalue weighted by atomic mass is 9.76.